The number of ketones is 1. The molecule has 1 N–H and O–H groups in total. The highest BCUT2D eigenvalue weighted by atomic mass is 32.2. The molecule has 0 unspecified atom stereocenters. The Bertz CT molecular complexity index is 778. The molecule has 2 aromatic rings. The Labute approximate surface area is 143 Å². The molecular weight excluding hydrogens is 328 g/mol. The summed E-state index contributed by atoms with van der Waals surface area (Å²) >= 11 is 3.28. The molecule has 3 heterocycles. The Morgan fingerprint density at radius 2 is 2.35 bits per heavy atom. The van der Waals surface area contributed by atoms with E-state index in [2.05, 4.69) is 35.3 Å². The van der Waals surface area contributed by atoms with Crippen molar-refractivity contribution < 1.29 is 4.79 Å². The molecule has 0 saturated carbocycles. The number of carbonyl (C=O) groups excluding carboxylic acids is 1. The van der Waals surface area contributed by atoms with E-state index in [9.17, 15) is 4.79 Å². The maximum atomic E-state index is 12.7. The van der Waals surface area contributed by atoms with Crippen LogP contribution in [0.15, 0.2) is 33.9 Å². The van der Waals surface area contributed by atoms with Gasteiger partial charge in [0.2, 0.25) is 11.1 Å². The number of nitrogens with one attached hydrogen (secondary N) is 1. The minimum absolute atomic E-state index is 0.139. The summed E-state index contributed by atoms with van der Waals surface area (Å²) in [5.41, 5.74) is 1.90. The van der Waals surface area contributed by atoms with Gasteiger partial charge in [0.25, 0.3) is 0 Å². The molecule has 1 aliphatic carbocycles. The van der Waals surface area contributed by atoms with E-state index in [1.165, 1.54) is 0 Å². The molecule has 0 spiro atoms. The third-order valence-electron chi connectivity index (χ3n) is 4.19. The number of thiophene rings is 1. The first-order chi connectivity index (χ1) is 11.2. The number of carbonyl (C=O) groups is 1. The van der Waals surface area contributed by atoms with Crippen LogP contribution in [0, 0.1) is 5.92 Å². The molecule has 2 atom stereocenters. The average molecular weight is 346 g/mol. The first-order valence-electron chi connectivity index (χ1n) is 7.83. The smallest absolute Gasteiger partial charge is 0.227 e. The summed E-state index contributed by atoms with van der Waals surface area (Å²) in [6, 6.07) is 3.96. The van der Waals surface area contributed by atoms with Gasteiger partial charge in [-0.3, -0.25) is 4.79 Å². The largest absolute Gasteiger partial charge is 0.328 e. The molecule has 5 nitrogen and oxygen atoms in total. The molecule has 2 aliphatic rings. The van der Waals surface area contributed by atoms with Crippen LogP contribution in [0.1, 0.15) is 37.6 Å². The lowest BCUT2D eigenvalue weighted by Crippen LogP contribution is -2.33. The highest BCUT2D eigenvalue weighted by molar-refractivity contribution is 7.99. The van der Waals surface area contributed by atoms with Crippen molar-refractivity contribution in [3.8, 4) is 0 Å². The summed E-state index contributed by atoms with van der Waals surface area (Å²) < 4.78 is 1.89. The number of Topliss-reactive ketones (excluding diaryl/α,β-unsaturated/α-hetero) is 1. The van der Waals surface area contributed by atoms with Crippen LogP contribution >= 0.6 is 23.1 Å². The SMILES string of the molecule is CCSc1nc2n(n1)[C@@H](c1cccs1)C1=C(C[C@@H](C)CC1=O)N2. The molecule has 7 heteroatoms. The van der Waals surface area contributed by atoms with Crippen LogP contribution < -0.4 is 5.32 Å². The lowest BCUT2D eigenvalue weighted by Gasteiger charge is -2.33. The number of anilines is 1. The summed E-state index contributed by atoms with van der Waals surface area (Å²) in [5.74, 6) is 2.28. The molecule has 1 aliphatic heterocycles. The van der Waals surface area contributed by atoms with Gasteiger partial charge >= 0.3 is 0 Å². The summed E-state index contributed by atoms with van der Waals surface area (Å²) in [4.78, 5) is 18.5. The topological polar surface area (TPSA) is 59.8 Å². The van der Waals surface area contributed by atoms with Crippen LogP contribution in [0.25, 0.3) is 0 Å². The molecule has 0 fully saturated rings. The quantitative estimate of drug-likeness (QED) is 0.858. The minimum Gasteiger partial charge on any atom is -0.328 e. The zero-order chi connectivity index (χ0) is 16.0. The average Bonchev–Trinajstić information content (AvgIpc) is 3.13. The van der Waals surface area contributed by atoms with Crippen molar-refractivity contribution in [1.82, 2.24) is 14.8 Å². The fraction of sp³-hybridized carbons (Fsp3) is 0.438. The number of rotatable bonds is 3. The molecule has 0 radical (unpaired) electrons. The number of nitrogens with zero attached hydrogens (tertiary/aromatic N) is 3. The highest BCUT2D eigenvalue weighted by Crippen LogP contribution is 2.42. The lowest BCUT2D eigenvalue weighted by atomic mass is 9.83. The molecule has 0 saturated heterocycles. The molecule has 2 aromatic heterocycles. The van der Waals surface area contributed by atoms with E-state index < -0.39 is 0 Å². The van der Waals surface area contributed by atoms with Gasteiger partial charge in [-0.2, -0.15) is 4.98 Å². The minimum atomic E-state index is -0.139. The van der Waals surface area contributed by atoms with Crippen LogP contribution in [0.3, 0.4) is 0 Å². The van der Waals surface area contributed by atoms with Gasteiger partial charge in [-0.05, 0) is 29.5 Å². The summed E-state index contributed by atoms with van der Waals surface area (Å²) in [6.45, 7) is 4.21. The molecule has 0 bridgehead atoms. The first kappa shape index (κ1) is 15.0. The fourth-order valence-electron chi connectivity index (χ4n) is 3.29. The normalized spacial score (nSPS) is 23.5. The number of hydrogen-bond acceptors (Lipinski definition) is 6. The molecule has 23 heavy (non-hydrogen) atoms. The summed E-state index contributed by atoms with van der Waals surface area (Å²) in [6.07, 6.45) is 1.51. The van der Waals surface area contributed by atoms with Gasteiger partial charge in [-0.15, -0.1) is 16.4 Å². The van der Waals surface area contributed by atoms with Gasteiger partial charge in [-0.25, -0.2) is 4.68 Å². The van der Waals surface area contributed by atoms with Crippen LogP contribution in [0.5, 0.6) is 0 Å². The van der Waals surface area contributed by atoms with Crippen LogP contribution in [0.2, 0.25) is 0 Å². The van der Waals surface area contributed by atoms with Gasteiger partial charge in [0, 0.05) is 22.6 Å². The van der Waals surface area contributed by atoms with E-state index in [1.54, 1.807) is 23.1 Å². The summed E-state index contributed by atoms with van der Waals surface area (Å²) in [7, 11) is 0. The van der Waals surface area contributed by atoms with Gasteiger partial charge in [0.05, 0.1) is 0 Å². The lowest BCUT2D eigenvalue weighted by molar-refractivity contribution is -0.117. The zero-order valence-electron chi connectivity index (χ0n) is 13.1. The van der Waals surface area contributed by atoms with E-state index in [-0.39, 0.29) is 11.8 Å². The third-order valence-corrected chi connectivity index (χ3v) is 5.84. The van der Waals surface area contributed by atoms with Crippen LogP contribution in [-0.4, -0.2) is 26.3 Å². The predicted molar refractivity (Wildman–Crippen MR) is 92.9 cm³/mol. The number of allylic oxidation sites excluding steroid dienone is 2. The van der Waals surface area contributed by atoms with E-state index in [0.717, 1.165) is 39.4 Å². The zero-order valence-corrected chi connectivity index (χ0v) is 14.7. The number of fused-ring (bicyclic) bond motifs is 1. The Hall–Kier alpha value is -1.60. The monoisotopic (exact) mass is 346 g/mol. The fourth-order valence-corrected chi connectivity index (χ4v) is 4.66. The molecule has 0 aromatic carbocycles. The van der Waals surface area contributed by atoms with Gasteiger partial charge < -0.3 is 5.32 Å². The standard InChI is InChI=1S/C16H18N4OS2/c1-3-22-16-18-15-17-10-7-9(2)8-11(21)13(10)14(20(15)19-16)12-5-4-6-23-12/h4-6,9,14H,3,7-8H2,1-2H3,(H,17,18,19)/t9-,14+/m1/s1. The van der Waals surface area contributed by atoms with Crippen molar-refractivity contribution in [2.24, 2.45) is 5.92 Å². The third kappa shape index (κ3) is 2.52. The van der Waals surface area contributed by atoms with Crippen molar-refractivity contribution in [2.75, 3.05) is 11.1 Å². The number of aromatic nitrogens is 3. The second-order valence-corrected chi connectivity index (χ2v) is 8.18. The van der Waals surface area contributed by atoms with Crippen molar-refractivity contribution in [3.05, 3.63) is 33.7 Å². The van der Waals surface area contributed by atoms with Gasteiger partial charge in [-0.1, -0.05) is 31.7 Å². The maximum absolute atomic E-state index is 12.7. The van der Waals surface area contributed by atoms with Crippen molar-refractivity contribution in [1.29, 1.82) is 0 Å². The molecule has 120 valence electrons. The van der Waals surface area contributed by atoms with Crippen molar-refractivity contribution >= 4 is 34.8 Å². The maximum Gasteiger partial charge on any atom is 0.227 e. The predicted octanol–water partition coefficient (Wildman–Crippen LogP) is 3.72. The molecule has 4 rings (SSSR count). The number of thioether (sulfide) groups is 1. The van der Waals surface area contributed by atoms with Crippen molar-refractivity contribution in [2.45, 2.75) is 37.9 Å². The molecule has 0 amide bonds. The van der Waals surface area contributed by atoms with E-state index in [1.807, 2.05) is 16.1 Å². The first-order valence-corrected chi connectivity index (χ1v) is 9.70. The Morgan fingerprint density at radius 1 is 1.48 bits per heavy atom. The van der Waals surface area contributed by atoms with E-state index in [4.69, 9.17) is 0 Å². The van der Waals surface area contributed by atoms with Gasteiger partial charge in [0.1, 0.15) is 6.04 Å². The Balaban J connectivity index is 1.86. The summed E-state index contributed by atoms with van der Waals surface area (Å²) in [5, 5.41) is 10.8. The Kier molecular flexibility index (Phi) is 3.77. The van der Waals surface area contributed by atoms with E-state index >= 15 is 0 Å². The number of hydrogen-bond donors (Lipinski definition) is 1. The highest BCUT2D eigenvalue weighted by Gasteiger charge is 2.38. The Morgan fingerprint density at radius 3 is 3.09 bits per heavy atom. The second-order valence-electron chi connectivity index (χ2n) is 5.97. The second kappa shape index (κ2) is 5.79. The molecular formula is C16H18N4OS2. The van der Waals surface area contributed by atoms with Crippen LogP contribution in [-0.2, 0) is 4.79 Å². The van der Waals surface area contributed by atoms with Crippen molar-refractivity contribution in [3.63, 3.8) is 0 Å². The van der Waals surface area contributed by atoms with Crippen LogP contribution in [0.4, 0.5) is 5.95 Å². The van der Waals surface area contributed by atoms with E-state index in [0.29, 0.717) is 12.3 Å². The van der Waals surface area contributed by atoms with Gasteiger partial charge in [0.15, 0.2) is 5.78 Å².